The summed E-state index contributed by atoms with van der Waals surface area (Å²) in [6, 6.07) is 5.32. The first kappa shape index (κ1) is 27.9. The van der Waals surface area contributed by atoms with Gasteiger partial charge in [0.15, 0.2) is 11.2 Å². The highest BCUT2D eigenvalue weighted by atomic mass is 16.6. The van der Waals surface area contributed by atoms with Gasteiger partial charge in [-0.2, -0.15) is 4.98 Å². The first-order chi connectivity index (χ1) is 19.6. The minimum Gasteiger partial charge on any atom is -0.444 e. The molecule has 0 spiro atoms. The van der Waals surface area contributed by atoms with E-state index >= 15 is 0 Å². The fraction of sp³-hybridized carbons (Fsp3) is 0.448. The van der Waals surface area contributed by atoms with Crippen LogP contribution in [-0.4, -0.2) is 59.5 Å². The highest BCUT2D eigenvalue weighted by molar-refractivity contribution is 5.76. The van der Waals surface area contributed by atoms with Crippen LogP contribution in [0.3, 0.4) is 0 Å². The summed E-state index contributed by atoms with van der Waals surface area (Å²) in [4.78, 5) is 55.2. The third kappa shape index (κ3) is 5.79. The zero-order valence-electron chi connectivity index (χ0n) is 24.0. The largest absolute Gasteiger partial charge is 0.444 e. The Balaban J connectivity index is 1.54. The number of carbonyl (C=O) groups excluding carboxylic acids is 1. The minimum absolute atomic E-state index is 0.0690. The van der Waals surface area contributed by atoms with E-state index in [4.69, 9.17) is 9.72 Å². The zero-order chi connectivity index (χ0) is 29.3. The number of ether oxygens (including phenoxy) is 1. The number of hydrogen-bond donors (Lipinski definition) is 1. The third-order valence-corrected chi connectivity index (χ3v) is 6.93. The molecule has 214 valence electrons. The molecule has 3 aromatic heterocycles. The van der Waals surface area contributed by atoms with Crippen molar-refractivity contribution in [2.75, 3.05) is 18.0 Å². The van der Waals surface area contributed by atoms with Crippen molar-refractivity contribution >= 4 is 34.2 Å². The lowest BCUT2D eigenvalue weighted by molar-refractivity contribution is 0.0499. The summed E-state index contributed by atoms with van der Waals surface area (Å²) >= 11 is 0. The fourth-order valence-corrected chi connectivity index (χ4v) is 5.09. The van der Waals surface area contributed by atoms with Gasteiger partial charge in [-0.05, 0) is 58.2 Å². The van der Waals surface area contributed by atoms with Crippen LogP contribution >= 0.6 is 0 Å². The highest BCUT2D eigenvalue weighted by Crippen LogP contribution is 2.24. The number of carbonyl (C=O) groups is 1. The van der Waals surface area contributed by atoms with Crippen LogP contribution in [0.1, 0.15) is 46.1 Å². The normalized spacial score (nSPS) is 15.5. The van der Waals surface area contributed by atoms with Crippen molar-refractivity contribution in [1.82, 2.24) is 34.0 Å². The number of rotatable bonds is 5. The number of nitrogens with one attached hydrogen (secondary N) is 1. The fourth-order valence-electron chi connectivity index (χ4n) is 5.09. The number of aromatic nitrogens is 6. The first-order valence-electron chi connectivity index (χ1n) is 13.6. The van der Waals surface area contributed by atoms with Gasteiger partial charge in [-0.3, -0.25) is 28.5 Å². The summed E-state index contributed by atoms with van der Waals surface area (Å²) in [5.41, 5.74) is 1.24. The average molecular weight is 559 g/mol. The quantitative estimate of drug-likeness (QED) is 0.370. The lowest BCUT2D eigenvalue weighted by Gasteiger charge is -2.34. The van der Waals surface area contributed by atoms with Gasteiger partial charge in [-0.1, -0.05) is 12.0 Å². The Labute approximate surface area is 237 Å². The van der Waals surface area contributed by atoms with E-state index in [2.05, 4.69) is 27.1 Å². The number of alkyl carbamates (subject to hydrolysis) is 1. The second-order valence-corrected chi connectivity index (χ2v) is 11.1. The minimum atomic E-state index is -0.601. The number of piperidine rings is 1. The van der Waals surface area contributed by atoms with Gasteiger partial charge in [0.1, 0.15) is 5.60 Å². The van der Waals surface area contributed by atoms with Crippen LogP contribution in [0.15, 0.2) is 40.2 Å². The molecule has 0 unspecified atom stereocenters. The van der Waals surface area contributed by atoms with Gasteiger partial charge in [-0.25, -0.2) is 9.59 Å². The van der Waals surface area contributed by atoms with Crippen molar-refractivity contribution in [1.29, 1.82) is 0 Å². The summed E-state index contributed by atoms with van der Waals surface area (Å²) in [6.07, 6.45) is 4.33. The number of benzene rings is 1. The Morgan fingerprint density at radius 2 is 1.90 bits per heavy atom. The van der Waals surface area contributed by atoms with Gasteiger partial charge in [0.05, 0.1) is 24.1 Å². The lowest BCUT2D eigenvalue weighted by atomic mass is 10.1. The Kier molecular flexibility index (Phi) is 7.53. The highest BCUT2D eigenvalue weighted by Gasteiger charge is 2.29. The second-order valence-electron chi connectivity index (χ2n) is 11.1. The molecule has 0 bridgehead atoms. The number of hydrogen-bond acceptors (Lipinski definition) is 8. The first-order valence-corrected chi connectivity index (χ1v) is 13.6. The van der Waals surface area contributed by atoms with Gasteiger partial charge in [0.2, 0.25) is 5.95 Å². The summed E-state index contributed by atoms with van der Waals surface area (Å²) in [5.74, 6) is 6.47. The molecule has 1 aliphatic rings. The molecule has 0 aliphatic carbocycles. The molecule has 5 rings (SSSR count). The van der Waals surface area contributed by atoms with Gasteiger partial charge < -0.3 is 15.0 Å². The molecule has 1 atom stereocenters. The van der Waals surface area contributed by atoms with E-state index in [1.54, 1.807) is 30.9 Å². The molecule has 41 heavy (non-hydrogen) atoms. The molecular formula is C29H34N8O4. The number of amides is 1. The van der Waals surface area contributed by atoms with Crippen LogP contribution in [0, 0.1) is 11.8 Å². The molecular weight excluding hydrogens is 524 g/mol. The molecule has 1 N–H and O–H groups in total. The van der Waals surface area contributed by atoms with Crippen LogP contribution in [0.2, 0.25) is 0 Å². The molecule has 0 radical (unpaired) electrons. The smallest absolute Gasteiger partial charge is 0.407 e. The van der Waals surface area contributed by atoms with E-state index in [1.165, 1.54) is 9.13 Å². The van der Waals surface area contributed by atoms with Crippen molar-refractivity contribution in [3.8, 4) is 11.8 Å². The Hall–Kier alpha value is -4.66. The summed E-state index contributed by atoms with van der Waals surface area (Å²) in [6.45, 7) is 8.64. The van der Waals surface area contributed by atoms with Crippen molar-refractivity contribution < 1.29 is 9.53 Å². The Morgan fingerprint density at radius 3 is 2.63 bits per heavy atom. The molecule has 1 fully saturated rings. The standard InChI is InChI=1S/C29H34N8O4/c1-6-7-15-36-23-24(33-26(36)35-14-8-9-20(18-35)32-27(39)41-29(2,3)4)34(5)28(40)37(25(23)38)17-19-10-11-21-22(16-19)31-13-12-30-21/h10-13,16,20H,8-9,14-15,17-18H2,1-5H3,(H,32,39)/t20-/m1/s1. The van der Waals surface area contributed by atoms with Crippen LogP contribution < -0.4 is 21.5 Å². The molecule has 1 aromatic carbocycles. The molecule has 12 nitrogen and oxygen atoms in total. The summed E-state index contributed by atoms with van der Waals surface area (Å²) in [5, 5.41) is 2.95. The third-order valence-electron chi connectivity index (χ3n) is 6.93. The number of aryl methyl sites for hydroxylation is 1. The Morgan fingerprint density at radius 1 is 1.15 bits per heavy atom. The van der Waals surface area contributed by atoms with Crippen molar-refractivity contribution in [2.24, 2.45) is 7.05 Å². The van der Waals surface area contributed by atoms with E-state index in [0.29, 0.717) is 30.1 Å². The van der Waals surface area contributed by atoms with Gasteiger partial charge >= 0.3 is 11.8 Å². The predicted molar refractivity (Wildman–Crippen MR) is 156 cm³/mol. The zero-order valence-corrected chi connectivity index (χ0v) is 24.0. The molecule has 0 saturated carbocycles. The maximum absolute atomic E-state index is 13.9. The maximum Gasteiger partial charge on any atom is 0.407 e. The van der Waals surface area contributed by atoms with Crippen LogP contribution in [0.25, 0.3) is 22.2 Å². The van der Waals surface area contributed by atoms with Crippen molar-refractivity contribution in [2.45, 2.75) is 65.3 Å². The van der Waals surface area contributed by atoms with Gasteiger partial charge in [0.25, 0.3) is 5.56 Å². The van der Waals surface area contributed by atoms with Gasteiger partial charge in [-0.15, -0.1) is 5.92 Å². The molecule has 4 aromatic rings. The molecule has 12 heteroatoms. The van der Waals surface area contributed by atoms with E-state index in [1.807, 2.05) is 43.9 Å². The summed E-state index contributed by atoms with van der Waals surface area (Å²) < 4.78 is 9.82. The molecule has 4 heterocycles. The van der Waals surface area contributed by atoms with Crippen LogP contribution in [-0.2, 0) is 24.9 Å². The predicted octanol–water partition coefficient (Wildman–Crippen LogP) is 2.41. The molecule has 1 amide bonds. The topological polar surface area (TPSA) is 129 Å². The van der Waals surface area contributed by atoms with E-state index in [-0.39, 0.29) is 24.8 Å². The maximum atomic E-state index is 13.9. The molecule has 1 aliphatic heterocycles. The SMILES string of the molecule is CC#CCn1c(N2CCC[C@@H](NC(=O)OC(C)(C)C)C2)nc2c1c(=O)n(Cc1ccc3nccnc3c1)c(=O)n2C. The van der Waals surface area contributed by atoms with Crippen LogP contribution in [0.5, 0.6) is 0 Å². The van der Waals surface area contributed by atoms with Crippen molar-refractivity contribution in [3.05, 3.63) is 57.0 Å². The lowest BCUT2D eigenvalue weighted by Crippen LogP contribution is -2.49. The Bertz CT molecular complexity index is 1800. The van der Waals surface area contributed by atoms with E-state index in [9.17, 15) is 14.4 Å². The second kappa shape index (κ2) is 11.1. The average Bonchev–Trinajstić information content (AvgIpc) is 3.32. The van der Waals surface area contributed by atoms with E-state index < -0.39 is 22.9 Å². The van der Waals surface area contributed by atoms with E-state index in [0.717, 1.165) is 23.9 Å². The number of nitrogens with zero attached hydrogens (tertiary/aromatic N) is 7. The summed E-state index contributed by atoms with van der Waals surface area (Å²) in [7, 11) is 1.61. The number of anilines is 1. The van der Waals surface area contributed by atoms with Crippen molar-refractivity contribution in [3.63, 3.8) is 0 Å². The molecule has 1 saturated heterocycles. The number of imidazole rings is 1. The van der Waals surface area contributed by atoms with Crippen LogP contribution in [0.4, 0.5) is 10.7 Å². The van der Waals surface area contributed by atoms with Gasteiger partial charge in [0, 0.05) is 38.6 Å². The monoisotopic (exact) mass is 558 g/mol. The number of fused-ring (bicyclic) bond motifs is 2.